The quantitative estimate of drug-likeness (QED) is 0.801. The summed E-state index contributed by atoms with van der Waals surface area (Å²) in [6.45, 7) is 4.32. The van der Waals surface area contributed by atoms with E-state index in [1.807, 2.05) is 18.6 Å². The largest absolute Gasteiger partial charge is 0.316 e. The molecular weight excluding hydrogens is 373 g/mol. The van der Waals surface area contributed by atoms with E-state index in [0.717, 1.165) is 33.8 Å². The average molecular weight is 388 g/mol. The van der Waals surface area contributed by atoms with Gasteiger partial charge in [0.2, 0.25) is 0 Å². The van der Waals surface area contributed by atoms with Crippen molar-refractivity contribution in [3.05, 3.63) is 45.0 Å². The Morgan fingerprint density at radius 1 is 1.47 bits per heavy atom. The third-order valence-electron chi connectivity index (χ3n) is 3.79. The van der Waals surface area contributed by atoms with Gasteiger partial charge in [-0.25, -0.2) is 4.98 Å². The van der Waals surface area contributed by atoms with Crippen LogP contribution in [0.5, 0.6) is 0 Å². The lowest BCUT2D eigenvalue weighted by molar-refractivity contribution is 0.499. The van der Waals surface area contributed by atoms with E-state index in [1.54, 1.807) is 0 Å². The molecule has 1 aliphatic heterocycles. The molecule has 5 heteroatoms. The highest BCUT2D eigenvalue weighted by atomic mass is 127. The Morgan fingerprint density at radius 3 is 3.00 bits per heavy atom. The second-order valence-corrected chi connectivity index (χ2v) is 6.88. The normalized spacial score (nSPS) is 22.9. The third-order valence-corrected chi connectivity index (χ3v) is 4.77. The van der Waals surface area contributed by atoms with Gasteiger partial charge in [0.1, 0.15) is 0 Å². The molecule has 0 radical (unpaired) electrons. The topological polar surface area (TPSA) is 29.9 Å². The molecular formula is C14H15ClIN3. The van der Waals surface area contributed by atoms with Crippen LogP contribution in [0.25, 0.3) is 5.69 Å². The highest BCUT2D eigenvalue weighted by Gasteiger charge is 2.33. The Kier molecular flexibility index (Phi) is 3.57. The Hall–Kier alpha value is -0.590. The lowest BCUT2D eigenvalue weighted by atomic mass is 9.86. The van der Waals surface area contributed by atoms with E-state index in [0.29, 0.717) is 0 Å². The van der Waals surface area contributed by atoms with Crippen molar-refractivity contribution in [1.29, 1.82) is 0 Å². The lowest BCUT2D eigenvalue weighted by Gasteiger charge is -2.24. The molecule has 3 nitrogen and oxygen atoms in total. The molecule has 19 heavy (non-hydrogen) atoms. The van der Waals surface area contributed by atoms with Crippen LogP contribution in [0.1, 0.15) is 19.0 Å². The Labute approximate surface area is 131 Å². The number of halogens is 2. The first-order valence-electron chi connectivity index (χ1n) is 6.29. The molecule has 1 aromatic heterocycles. The van der Waals surface area contributed by atoms with Crippen molar-refractivity contribution < 1.29 is 0 Å². The van der Waals surface area contributed by atoms with Crippen LogP contribution in [-0.2, 0) is 5.41 Å². The molecule has 2 heterocycles. The smallest absolute Gasteiger partial charge is 0.0994 e. The van der Waals surface area contributed by atoms with Gasteiger partial charge in [-0.1, -0.05) is 18.5 Å². The van der Waals surface area contributed by atoms with Crippen LogP contribution in [0.3, 0.4) is 0 Å². The first-order chi connectivity index (χ1) is 9.10. The van der Waals surface area contributed by atoms with E-state index < -0.39 is 0 Å². The standard InChI is InChI=1S/C14H15ClIN3/c1-14(4-5-17-8-14)13-7-18-9-19(13)12-3-2-10(16)6-11(12)15/h2-3,6-7,9,17H,4-5,8H2,1H3. The zero-order chi connectivity index (χ0) is 13.5. The van der Waals surface area contributed by atoms with Crippen LogP contribution >= 0.6 is 34.2 Å². The maximum absolute atomic E-state index is 6.38. The number of aromatic nitrogens is 2. The predicted molar refractivity (Wildman–Crippen MR) is 86.1 cm³/mol. The summed E-state index contributed by atoms with van der Waals surface area (Å²) >= 11 is 8.65. The van der Waals surface area contributed by atoms with Crippen LogP contribution in [-0.4, -0.2) is 22.6 Å². The molecule has 0 aliphatic carbocycles. The zero-order valence-corrected chi connectivity index (χ0v) is 13.6. The Bertz CT molecular complexity index is 602. The van der Waals surface area contributed by atoms with E-state index in [-0.39, 0.29) is 5.41 Å². The van der Waals surface area contributed by atoms with E-state index in [9.17, 15) is 0 Å². The maximum Gasteiger partial charge on any atom is 0.0994 e. The summed E-state index contributed by atoms with van der Waals surface area (Å²) in [4.78, 5) is 4.33. The van der Waals surface area contributed by atoms with Crippen LogP contribution < -0.4 is 5.32 Å². The minimum absolute atomic E-state index is 0.128. The SMILES string of the molecule is CC1(c2cncn2-c2ccc(I)cc2Cl)CCNC1. The minimum Gasteiger partial charge on any atom is -0.316 e. The second-order valence-electron chi connectivity index (χ2n) is 5.23. The highest BCUT2D eigenvalue weighted by Crippen LogP contribution is 2.33. The van der Waals surface area contributed by atoms with Gasteiger partial charge in [-0.2, -0.15) is 0 Å². The summed E-state index contributed by atoms with van der Waals surface area (Å²) in [5, 5.41) is 4.19. The molecule has 0 bridgehead atoms. The first-order valence-corrected chi connectivity index (χ1v) is 7.75. The van der Waals surface area contributed by atoms with E-state index >= 15 is 0 Å². The van der Waals surface area contributed by atoms with Gasteiger partial charge in [0, 0.05) is 27.4 Å². The molecule has 1 fully saturated rings. The first kappa shape index (κ1) is 13.4. The van der Waals surface area contributed by atoms with Crippen molar-refractivity contribution in [3.63, 3.8) is 0 Å². The van der Waals surface area contributed by atoms with Crippen molar-refractivity contribution in [2.75, 3.05) is 13.1 Å². The van der Waals surface area contributed by atoms with Gasteiger partial charge < -0.3 is 9.88 Å². The van der Waals surface area contributed by atoms with Crippen LogP contribution in [0.4, 0.5) is 0 Å². The fourth-order valence-corrected chi connectivity index (χ4v) is 3.59. The van der Waals surface area contributed by atoms with Crippen molar-refractivity contribution in [2.45, 2.75) is 18.8 Å². The third kappa shape index (κ3) is 2.41. The van der Waals surface area contributed by atoms with Gasteiger partial charge in [-0.15, -0.1) is 0 Å². The van der Waals surface area contributed by atoms with Crippen molar-refractivity contribution in [2.24, 2.45) is 0 Å². The Morgan fingerprint density at radius 2 is 2.32 bits per heavy atom. The molecule has 2 aromatic rings. The number of rotatable bonds is 2. The zero-order valence-electron chi connectivity index (χ0n) is 10.7. The van der Waals surface area contributed by atoms with Crippen LogP contribution in [0.2, 0.25) is 5.02 Å². The Balaban J connectivity index is 2.09. The molecule has 1 aliphatic rings. The van der Waals surface area contributed by atoms with Gasteiger partial charge in [0.25, 0.3) is 0 Å². The molecule has 3 rings (SSSR count). The molecule has 1 saturated heterocycles. The van der Waals surface area contributed by atoms with E-state index in [1.165, 1.54) is 5.69 Å². The summed E-state index contributed by atoms with van der Waals surface area (Å²) in [5.41, 5.74) is 2.35. The highest BCUT2D eigenvalue weighted by molar-refractivity contribution is 14.1. The summed E-state index contributed by atoms with van der Waals surface area (Å²) < 4.78 is 3.26. The second kappa shape index (κ2) is 5.07. The average Bonchev–Trinajstić information content (AvgIpc) is 2.98. The number of nitrogens with one attached hydrogen (secondary N) is 1. The molecule has 1 unspecified atom stereocenters. The minimum atomic E-state index is 0.128. The van der Waals surface area contributed by atoms with Gasteiger partial charge >= 0.3 is 0 Å². The van der Waals surface area contributed by atoms with Gasteiger partial charge in [0.05, 0.1) is 17.0 Å². The predicted octanol–water partition coefficient (Wildman–Crippen LogP) is 3.38. The number of nitrogens with zero attached hydrogens (tertiary/aromatic N) is 2. The van der Waals surface area contributed by atoms with E-state index in [4.69, 9.17) is 11.6 Å². The fraction of sp³-hybridized carbons (Fsp3) is 0.357. The summed E-state index contributed by atoms with van der Waals surface area (Å²) in [6, 6.07) is 6.11. The molecule has 0 saturated carbocycles. The molecule has 1 N–H and O–H groups in total. The lowest BCUT2D eigenvalue weighted by Crippen LogP contribution is -2.27. The number of benzene rings is 1. The fourth-order valence-electron chi connectivity index (χ4n) is 2.65. The summed E-state index contributed by atoms with van der Waals surface area (Å²) in [7, 11) is 0. The summed E-state index contributed by atoms with van der Waals surface area (Å²) in [5.74, 6) is 0. The molecule has 0 spiro atoms. The molecule has 100 valence electrons. The maximum atomic E-state index is 6.38. The number of hydrogen-bond acceptors (Lipinski definition) is 2. The monoisotopic (exact) mass is 387 g/mol. The van der Waals surface area contributed by atoms with Crippen LogP contribution in [0.15, 0.2) is 30.7 Å². The number of imidazole rings is 1. The van der Waals surface area contributed by atoms with Crippen molar-refractivity contribution >= 4 is 34.2 Å². The van der Waals surface area contributed by atoms with Gasteiger partial charge in [0.15, 0.2) is 0 Å². The molecule has 0 amide bonds. The molecule has 1 atom stereocenters. The molecule has 1 aromatic carbocycles. The van der Waals surface area contributed by atoms with Crippen molar-refractivity contribution in [3.8, 4) is 5.69 Å². The van der Waals surface area contributed by atoms with Crippen LogP contribution in [0, 0.1) is 3.57 Å². The van der Waals surface area contributed by atoms with E-state index in [2.05, 4.69) is 56.5 Å². The summed E-state index contributed by atoms with van der Waals surface area (Å²) in [6.07, 6.45) is 4.94. The van der Waals surface area contributed by atoms with Gasteiger partial charge in [-0.05, 0) is 53.8 Å². The number of hydrogen-bond donors (Lipinski definition) is 1. The van der Waals surface area contributed by atoms with Crippen molar-refractivity contribution in [1.82, 2.24) is 14.9 Å². The van der Waals surface area contributed by atoms with Gasteiger partial charge in [-0.3, -0.25) is 0 Å².